The van der Waals surface area contributed by atoms with E-state index in [1.807, 2.05) is 29.2 Å². The number of amides is 1. The minimum absolute atomic E-state index is 0. The van der Waals surface area contributed by atoms with Crippen LogP contribution in [0, 0.1) is 0 Å². The quantitative estimate of drug-likeness (QED) is 0.542. The molecule has 28 heavy (non-hydrogen) atoms. The van der Waals surface area contributed by atoms with Crippen molar-refractivity contribution in [2.24, 2.45) is 4.99 Å². The van der Waals surface area contributed by atoms with Crippen molar-refractivity contribution in [3.05, 3.63) is 29.3 Å². The number of nitrogens with zero attached hydrogens (tertiary/aromatic N) is 3. The molecule has 0 radical (unpaired) electrons. The zero-order chi connectivity index (χ0) is 19.2. The summed E-state index contributed by atoms with van der Waals surface area (Å²) in [5.41, 5.74) is 0.901. The number of carbonyl (C=O) groups is 1. The smallest absolute Gasteiger partial charge is 0.225 e. The van der Waals surface area contributed by atoms with Crippen molar-refractivity contribution in [3.63, 3.8) is 0 Å². The van der Waals surface area contributed by atoms with Crippen molar-refractivity contribution in [1.82, 2.24) is 4.90 Å². The number of benzene rings is 1. The van der Waals surface area contributed by atoms with Crippen LogP contribution in [0.1, 0.15) is 58.8 Å². The van der Waals surface area contributed by atoms with E-state index in [0.29, 0.717) is 11.1 Å². The van der Waals surface area contributed by atoms with Gasteiger partial charge in [-0.15, -0.1) is 12.4 Å². The molecule has 2 fully saturated rings. The summed E-state index contributed by atoms with van der Waals surface area (Å²) in [6, 6.07) is 8.01. The fraction of sp³-hybridized carbons (Fsp3) is 0.619. The molecule has 0 spiro atoms. The summed E-state index contributed by atoms with van der Waals surface area (Å²) in [4.78, 5) is 21.9. The highest BCUT2D eigenvalue weighted by Gasteiger charge is 2.36. The highest BCUT2D eigenvalue weighted by Crippen LogP contribution is 2.32. The van der Waals surface area contributed by atoms with Crippen LogP contribution in [-0.4, -0.2) is 40.5 Å². The fourth-order valence-electron chi connectivity index (χ4n) is 3.88. The molecule has 0 aromatic heterocycles. The molecule has 1 atom stereocenters. The number of anilines is 1. The first-order valence-electron chi connectivity index (χ1n) is 10.1. The van der Waals surface area contributed by atoms with Crippen LogP contribution in [0.3, 0.4) is 0 Å². The molecule has 1 saturated carbocycles. The predicted octanol–water partition coefficient (Wildman–Crippen LogP) is 5.98. The van der Waals surface area contributed by atoms with Crippen molar-refractivity contribution in [2.45, 2.75) is 71.0 Å². The molecule has 1 aliphatic carbocycles. The van der Waals surface area contributed by atoms with E-state index in [0.717, 1.165) is 36.0 Å². The zero-order valence-corrected chi connectivity index (χ0v) is 19.2. The van der Waals surface area contributed by atoms with Gasteiger partial charge in [0.05, 0.1) is 6.04 Å². The van der Waals surface area contributed by atoms with Crippen LogP contribution < -0.4 is 4.90 Å². The molecule has 7 heteroatoms. The highest BCUT2D eigenvalue weighted by atomic mass is 35.5. The van der Waals surface area contributed by atoms with Crippen molar-refractivity contribution in [2.75, 3.05) is 17.2 Å². The topological polar surface area (TPSA) is 35.9 Å². The second kappa shape index (κ2) is 11.3. The standard InChI is InChI=1S/C21H30ClN3OS.ClH/c1-3-4-14-24-20(15-27-21(24)23-18-8-6-5-7-9-18)25(16(2)26)19-12-10-17(22)11-13-19;/h10-13,18,20H,3-9,14-15H2,1-2H3;1H. The maximum Gasteiger partial charge on any atom is 0.225 e. The highest BCUT2D eigenvalue weighted by molar-refractivity contribution is 8.14. The zero-order valence-electron chi connectivity index (χ0n) is 16.8. The summed E-state index contributed by atoms with van der Waals surface area (Å²) in [7, 11) is 0. The van der Waals surface area contributed by atoms with Gasteiger partial charge in [-0.25, -0.2) is 0 Å². The van der Waals surface area contributed by atoms with E-state index in [4.69, 9.17) is 16.6 Å². The second-order valence-electron chi connectivity index (χ2n) is 7.41. The normalized spacial score (nSPS) is 21.6. The summed E-state index contributed by atoms with van der Waals surface area (Å²) < 4.78 is 0. The fourth-order valence-corrected chi connectivity index (χ4v) is 5.24. The number of aliphatic imine (C=N–C) groups is 1. The first-order chi connectivity index (χ1) is 13.1. The van der Waals surface area contributed by atoms with Gasteiger partial charge in [0.1, 0.15) is 6.17 Å². The van der Waals surface area contributed by atoms with Crippen molar-refractivity contribution >= 4 is 52.5 Å². The second-order valence-corrected chi connectivity index (χ2v) is 8.83. The molecule has 1 aromatic rings. The molecular formula is C21H31Cl2N3OS. The number of halogens is 2. The van der Waals surface area contributed by atoms with Crippen LogP contribution in [0.4, 0.5) is 5.69 Å². The van der Waals surface area contributed by atoms with Crippen molar-refractivity contribution in [1.29, 1.82) is 0 Å². The third kappa shape index (κ3) is 5.80. The summed E-state index contributed by atoms with van der Waals surface area (Å²) >= 11 is 7.85. The minimum atomic E-state index is 0. The number of carbonyl (C=O) groups excluding carboxylic acids is 1. The van der Waals surface area contributed by atoms with E-state index in [-0.39, 0.29) is 24.5 Å². The summed E-state index contributed by atoms with van der Waals surface area (Å²) in [6.45, 7) is 4.79. The Morgan fingerprint density at radius 1 is 1.25 bits per heavy atom. The number of rotatable bonds is 6. The molecule has 1 aromatic carbocycles. The minimum Gasteiger partial charge on any atom is -0.330 e. The van der Waals surface area contributed by atoms with E-state index >= 15 is 0 Å². The predicted molar refractivity (Wildman–Crippen MR) is 124 cm³/mol. The molecule has 0 N–H and O–H groups in total. The van der Waals surface area contributed by atoms with E-state index in [1.54, 1.807) is 18.7 Å². The van der Waals surface area contributed by atoms with Crippen LogP contribution in [0.15, 0.2) is 29.3 Å². The summed E-state index contributed by atoms with van der Waals surface area (Å²) in [5, 5.41) is 1.81. The van der Waals surface area contributed by atoms with Crippen molar-refractivity contribution < 1.29 is 4.79 Å². The van der Waals surface area contributed by atoms with Gasteiger partial charge in [0.25, 0.3) is 0 Å². The first-order valence-corrected chi connectivity index (χ1v) is 11.5. The van der Waals surface area contributed by atoms with Gasteiger partial charge in [0.15, 0.2) is 5.17 Å². The number of hydrogen-bond acceptors (Lipinski definition) is 3. The largest absolute Gasteiger partial charge is 0.330 e. The maximum absolute atomic E-state index is 12.5. The monoisotopic (exact) mass is 443 g/mol. The van der Waals surface area contributed by atoms with E-state index in [1.165, 1.54) is 32.1 Å². The summed E-state index contributed by atoms with van der Waals surface area (Å²) in [5.74, 6) is 0.917. The Morgan fingerprint density at radius 2 is 1.93 bits per heavy atom. The van der Waals surface area contributed by atoms with Gasteiger partial charge in [0.2, 0.25) is 5.91 Å². The van der Waals surface area contributed by atoms with Gasteiger partial charge in [-0.2, -0.15) is 0 Å². The lowest BCUT2D eigenvalue weighted by molar-refractivity contribution is -0.117. The molecule has 156 valence electrons. The molecule has 1 saturated heterocycles. The van der Waals surface area contributed by atoms with Gasteiger partial charge < -0.3 is 4.90 Å². The lowest BCUT2D eigenvalue weighted by atomic mass is 9.96. The van der Waals surface area contributed by atoms with Gasteiger partial charge >= 0.3 is 0 Å². The van der Waals surface area contributed by atoms with Crippen LogP contribution in [0.5, 0.6) is 0 Å². The first kappa shape index (κ1) is 23.4. The van der Waals surface area contributed by atoms with Gasteiger partial charge in [-0.05, 0) is 43.5 Å². The van der Waals surface area contributed by atoms with Crippen LogP contribution in [-0.2, 0) is 4.79 Å². The Labute approximate surface area is 184 Å². The van der Waals surface area contributed by atoms with Crippen molar-refractivity contribution in [3.8, 4) is 0 Å². The number of hydrogen-bond donors (Lipinski definition) is 0. The third-order valence-corrected chi connectivity index (χ3v) is 6.64. The molecular weight excluding hydrogens is 413 g/mol. The molecule has 0 bridgehead atoms. The Bertz CT molecular complexity index is 662. The van der Waals surface area contributed by atoms with Gasteiger partial charge in [-0.3, -0.25) is 14.7 Å². The average molecular weight is 444 g/mol. The Balaban J connectivity index is 0.00000280. The third-order valence-electron chi connectivity index (χ3n) is 5.33. The maximum atomic E-state index is 12.5. The average Bonchev–Trinajstić information content (AvgIpc) is 3.04. The van der Waals surface area contributed by atoms with Crippen LogP contribution in [0.25, 0.3) is 0 Å². The van der Waals surface area contributed by atoms with E-state index in [2.05, 4.69) is 11.8 Å². The SMILES string of the molecule is CCCCN1C(=NC2CCCCC2)SCC1N(C(C)=O)c1ccc(Cl)cc1.Cl. The lowest BCUT2D eigenvalue weighted by Gasteiger charge is -2.35. The molecule has 1 unspecified atom stereocenters. The Morgan fingerprint density at radius 3 is 2.54 bits per heavy atom. The molecule has 1 aliphatic heterocycles. The Hall–Kier alpha value is -0.910. The van der Waals surface area contributed by atoms with Gasteiger partial charge in [0, 0.05) is 29.9 Å². The number of amidine groups is 1. The number of unbranched alkanes of at least 4 members (excludes halogenated alkanes) is 1. The van der Waals surface area contributed by atoms with E-state index < -0.39 is 0 Å². The molecule has 1 amide bonds. The molecule has 1 heterocycles. The van der Waals surface area contributed by atoms with E-state index in [9.17, 15) is 4.79 Å². The van der Waals surface area contributed by atoms with Gasteiger partial charge in [-0.1, -0.05) is 56.0 Å². The molecule has 3 rings (SSSR count). The van der Waals surface area contributed by atoms with Crippen LogP contribution in [0.2, 0.25) is 5.02 Å². The van der Waals surface area contributed by atoms with Crippen LogP contribution >= 0.6 is 35.8 Å². The summed E-state index contributed by atoms with van der Waals surface area (Å²) in [6.07, 6.45) is 8.56. The number of thioether (sulfide) groups is 1. The molecule has 4 nitrogen and oxygen atoms in total. The lowest BCUT2D eigenvalue weighted by Crippen LogP contribution is -2.50. The molecule has 2 aliphatic rings. The Kier molecular flexibility index (Phi) is 9.45.